The van der Waals surface area contributed by atoms with Gasteiger partial charge in [-0.1, -0.05) is 0 Å². The lowest BCUT2D eigenvalue weighted by atomic mass is 10.0. The molecule has 1 heterocycles. The van der Waals surface area contributed by atoms with Crippen LogP contribution in [0.3, 0.4) is 0 Å². The smallest absolute Gasteiger partial charge is 0.110 e. The number of nitrogens with zero attached hydrogens (tertiary/aromatic N) is 2. The number of aryl methyl sites for hydroxylation is 1. The summed E-state index contributed by atoms with van der Waals surface area (Å²) in [7, 11) is 2.12. The Hall–Kier alpha value is -0.830. The molecule has 15 heavy (non-hydrogen) atoms. The van der Waals surface area contributed by atoms with Crippen LogP contribution < -0.4 is 5.73 Å². The Bertz CT molecular complexity index is 358. The standard InChI is InChI=1S/C12H21N3/c1-12(2,13)8-11-14-9-6-4-5-7-10(9)15(11)3/h4-8,13H2,1-3H3. The van der Waals surface area contributed by atoms with Crippen molar-refractivity contribution in [3.8, 4) is 0 Å². The van der Waals surface area contributed by atoms with E-state index in [-0.39, 0.29) is 5.54 Å². The van der Waals surface area contributed by atoms with Crippen LogP contribution in [0.5, 0.6) is 0 Å². The van der Waals surface area contributed by atoms with E-state index in [9.17, 15) is 0 Å². The molecule has 84 valence electrons. The van der Waals surface area contributed by atoms with Gasteiger partial charge in [0, 0.05) is 24.7 Å². The summed E-state index contributed by atoms with van der Waals surface area (Å²) in [5.74, 6) is 1.15. The predicted octanol–water partition coefficient (Wildman–Crippen LogP) is 1.58. The third-order valence-electron chi connectivity index (χ3n) is 3.08. The average molecular weight is 207 g/mol. The Morgan fingerprint density at radius 3 is 2.60 bits per heavy atom. The van der Waals surface area contributed by atoms with Crippen molar-refractivity contribution in [1.29, 1.82) is 0 Å². The molecule has 0 unspecified atom stereocenters. The largest absolute Gasteiger partial charge is 0.335 e. The Labute approximate surface area is 91.7 Å². The second-order valence-electron chi connectivity index (χ2n) is 5.35. The highest BCUT2D eigenvalue weighted by Crippen LogP contribution is 2.22. The van der Waals surface area contributed by atoms with Crippen LogP contribution in [-0.4, -0.2) is 15.1 Å². The zero-order valence-corrected chi connectivity index (χ0v) is 10.0. The van der Waals surface area contributed by atoms with Gasteiger partial charge in [-0.2, -0.15) is 0 Å². The lowest BCUT2D eigenvalue weighted by molar-refractivity contribution is 0.492. The molecule has 0 spiro atoms. The minimum atomic E-state index is -0.165. The average Bonchev–Trinajstić information content (AvgIpc) is 2.42. The maximum absolute atomic E-state index is 6.04. The molecular formula is C12H21N3. The SMILES string of the molecule is Cn1c(CC(C)(C)N)nc2c1CCCC2. The Morgan fingerprint density at radius 2 is 2.00 bits per heavy atom. The molecule has 0 saturated heterocycles. The third-order valence-corrected chi connectivity index (χ3v) is 3.08. The molecule has 0 bridgehead atoms. The first-order valence-corrected chi connectivity index (χ1v) is 5.79. The maximum Gasteiger partial charge on any atom is 0.110 e. The van der Waals surface area contributed by atoms with Crippen molar-refractivity contribution in [2.45, 2.75) is 51.5 Å². The highest BCUT2D eigenvalue weighted by Gasteiger charge is 2.21. The maximum atomic E-state index is 6.04. The van der Waals surface area contributed by atoms with E-state index in [1.165, 1.54) is 30.7 Å². The first-order chi connectivity index (χ1) is 6.97. The molecule has 0 amide bonds. The van der Waals surface area contributed by atoms with E-state index >= 15 is 0 Å². The molecule has 0 atom stereocenters. The Morgan fingerprint density at radius 1 is 1.33 bits per heavy atom. The normalized spacial score (nSPS) is 16.5. The first kappa shape index (κ1) is 10.7. The fourth-order valence-corrected chi connectivity index (χ4v) is 2.31. The van der Waals surface area contributed by atoms with E-state index in [1.807, 2.05) is 0 Å². The summed E-state index contributed by atoms with van der Waals surface area (Å²) in [4.78, 5) is 4.72. The highest BCUT2D eigenvalue weighted by atomic mass is 15.1. The minimum Gasteiger partial charge on any atom is -0.335 e. The lowest BCUT2D eigenvalue weighted by Gasteiger charge is -2.18. The van der Waals surface area contributed by atoms with Crippen LogP contribution in [0.15, 0.2) is 0 Å². The van der Waals surface area contributed by atoms with E-state index in [0.717, 1.165) is 18.7 Å². The topological polar surface area (TPSA) is 43.8 Å². The van der Waals surface area contributed by atoms with Crippen LogP contribution in [0.4, 0.5) is 0 Å². The van der Waals surface area contributed by atoms with Crippen LogP contribution in [0, 0.1) is 0 Å². The fraction of sp³-hybridized carbons (Fsp3) is 0.750. The number of nitrogens with two attached hydrogens (primary N) is 1. The summed E-state index contributed by atoms with van der Waals surface area (Å²) in [5.41, 5.74) is 8.62. The number of aromatic nitrogens is 2. The van der Waals surface area contributed by atoms with Crippen LogP contribution in [0.25, 0.3) is 0 Å². The van der Waals surface area contributed by atoms with Gasteiger partial charge in [0.1, 0.15) is 5.82 Å². The van der Waals surface area contributed by atoms with Gasteiger partial charge in [-0.15, -0.1) is 0 Å². The van der Waals surface area contributed by atoms with E-state index < -0.39 is 0 Å². The summed E-state index contributed by atoms with van der Waals surface area (Å²) in [6, 6.07) is 0. The predicted molar refractivity (Wildman–Crippen MR) is 61.8 cm³/mol. The summed E-state index contributed by atoms with van der Waals surface area (Å²) in [6.07, 6.45) is 5.78. The van der Waals surface area contributed by atoms with Crippen LogP contribution in [0.2, 0.25) is 0 Å². The lowest BCUT2D eigenvalue weighted by Crippen LogP contribution is -2.35. The molecule has 2 rings (SSSR count). The van der Waals surface area contributed by atoms with Gasteiger partial charge in [-0.3, -0.25) is 0 Å². The van der Waals surface area contributed by atoms with Gasteiger partial charge < -0.3 is 10.3 Å². The van der Waals surface area contributed by atoms with Gasteiger partial charge in [-0.25, -0.2) is 4.98 Å². The summed E-state index contributed by atoms with van der Waals surface area (Å²) in [5, 5.41) is 0. The minimum absolute atomic E-state index is 0.165. The van der Waals surface area contributed by atoms with Crippen LogP contribution >= 0.6 is 0 Å². The number of rotatable bonds is 2. The molecule has 1 aliphatic rings. The van der Waals surface area contributed by atoms with E-state index in [4.69, 9.17) is 10.7 Å². The molecule has 0 fully saturated rings. The van der Waals surface area contributed by atoms with Gasteiger partial charge in [0.15, 0.2) is 0 Å². The molecule has 0 aromatic carbocycles. The van der Waals surface area contributed by atoms with Crippen molar-refractivity contribution in [2.24, 2.45) is 12.8 Å². The highest BCUT2D eigenvalue weighted by molar-refractivity contribution is 5.20. The van der Waals surface area contributed by atoms with Crippen molar-refractivity contribution < 1.29 is 0 Å². The van der Waals surface area contributed by atoms with Gasteiger partial charge >= 0.3 is 0 Å². The molecule has 0 aliphatic heterocycles. The fourth-order valence-electron chi connectivity index (χ4n) is 2.31. The van der Waals surface area contributed by atoms with Crippen molar-refractivity contribution in [3.05, 3.63) is 17.2 Å². The third kappa shape index (κ3) is 2.23. The van der Waals surface area contributed by atoms with Gasteiger partial charge in [-0.05, 0) is 39.5 Å². The quantitative estimate of drug-likeness (QED) is 0.800. The van der Waals surface area contributed by atoms with Crippen LogP contribution in [-0.2, 0) is 26.3 Å². The van der Waals surface area contributed by atoms with Gasteiger partial charge in [0.25, 0.3) is 0 Å². The molecule has 1 aromatic rings. The van der Waals surface area contributed by atoms with E-state index in [1.54, 1.807) is 0 Å². The Kier molecular flexibility index (Phi) is 2.59. The number of fused-ring (bicyclic) bond motifs is 1. The van der Waals surface area contributed by atoms with Crippen molar-refractivity contribution in [2.75, 3.05) is 0 Å². The van der Waals surface area contributed by atoms with Crippen LogP contribution in [0.1, 0.15) is 43.9 Å². The van der Waals surface area contributed by atoms with Crippen molar-refractivity contribution in [1.82, 2.24) is 9.55 Å². The molecule has 0 saturated carbocycles. The number of imidazole rings is 1. The summed E-state index contributed by atoms with van der Waals surface area (Å²) < 4.78 is 2.25. The summed E-state index contributed by atoms with van der Waals surface area (Å²) >= 11 is 0. The second kappa shape index (κ2) is 3.63. The molecule has 3 heteroatoms. The monoisotopic (exact) mass is 207 g/mol. The van der Waals surface area contributed by atoms with Gasteiger partial charge in [0.2, 0.25) is 0 Å². The molecular weight excluding hydrogens is 186 g/mol. The molecule has 1 aromatic heterocycles. The molecule has 1 aliphatic carbocycles. The Balaban J connectivity index is 2.29. The van der Waals surface area contributed by atoms with E-state index in [0.29, 0.717) is 0 Å². The number of hydrogen-bond donors (Lipinski definition) is 1. The van der Waals surface area contributed by atoms with Crippen molar-refractivity contribution in [3.63, 3.8) is 0 Å². The summed E-state index contributed by atoms with van der Waals surface area (Å²) in [6.45, 7) is 4.11. The first-order valence-electron chi connectivity index (χ1n) is 5.79. The zero-order valence-electron chi connectivity index (χ0n) is 10.0. The second-order valence-corrected chi connectivity index (χ2v) is 5.35. The van der Waals surface area contributed by atoms with Gasteiger partial charge in [0.05, 0.1) is 5.69 Å². The van der Waals surface area contributed by atoms with E-state index in [2.05, 4.69) is 25.5 Å². The van der Waals surface area contributed by atoms with Crippen molar-refractivity contribution >= 4 is 0 Å². The molecule has 2 N–H and O–H groups in total. The molecule has 0 radical (unpaired) electrons. The zero-order chi connectivity index (χ0) is 11.1. The number of hydrogen-bond acceptors (Lipinski definition) is 2. The molecule has 3 nitrogen and oxygen atoms in total.